The van der Waals surface area contributed by atoms with Crippen molar-refractivity contribution in [2.75, 3.05) is 6.61 Å². The first-order valence-corrected chi connectivity index (χ1v) is 19.7. The summed E-state index contributed by atoms with van der Waals surface area (Å²) in [5.74, 6) is -3.48. The highest BCUT2D eigenvalue weighted by molar-refractivity contribution is 7.61. The van der Waals surface area contributed by atoms with E-state index in [-0.39, 0.29) is 16.8 Å². The fraction of sp³-hybridized carbons (Fsp3) is 0.520. The summed E-state index contributed by atoms with van der Waals surface area (Å²) in [5, 5.41) is 54.1. The predicted octanol–water partition coefficient (Wildman–Crippen LogP) is -3.41. The minimum atomic E-state index is -5.96. The number of rotatable bonds is 15. The molecule has 0 aromatic carbocycles. The average molecular weight is 849 g/mol. The number of ether oxygens (including phenoxy) is 2. The van der Waals surface area contributed by atoms with E-state index in [1.54, 1.807) is 0 Å². The normalized spacial score (nSPS) is 29.4. The summed E-state index contributed by atoms with van der Waals surface area (Å²) in [6, 6.07) is -2.96. The number of aliphatic carboxylic acids is 1. The second-order valence-electron chi connectivity index (χ2n) is 11.6. The third kappa shape index (κ3) is 11.3. The van der Waals surface area contributed by atoms with Gasteiger partial charge in [-0.3, -0.25) is 42.7 Å². The number of aryl methyl sites for hydroxylation is 1. The number of pyridine rings is 1. The number of carboxylic acid groups (broad SMARTS) is 1. The number of carbonyl (C=O) groups is 2. The van der Waals surface area contributed by atoms with Gasteiger partial charge in [0.15, 0.2) is 18.6 Å². The van der Waals surface area contributed by atoms with E-state index in [1.807, 2.05) is 4.98 Å². The number of phosphoric acid groups is 3. The number of carboxylic acids is 1. The van der Waals surface area contributed by atoms with Gasteiger partial charge < -0.3 is 59.9 Å². The number of aliphatic hydroxyl groups is 3. The summed E-state index contributed by atoms with van der Waals surface area (Å²) in [6.07, 6.45) is -11.4. The molecular weight excluding hydrogens is 815 g/mol. The van der Waals surface area contributed by atoms with E-state index in [2.05, 4.69) is 28.7 Å². The second kappa shape index (κ2) is 17.3. The molecule has 2 aliphatic heterocycles. The highest BCUT2D eigenvalue weighted by Crippen LogP contribution is 2.61. The monoisotopic (exact) mass is 849 g/mol. The molecule has 2 saturated heterocycles. The van der Waals surface area contributed by atoms with Gasteiger partial charge in [-0.25, -0.2) is 23.3 Å². The summed E-state index contributed by atoms with van der Waals surface area (Å²) in [4.78, 5) is 96.2. The summed E-state index contributed by atoms with van der Waals surface area (Å²) in [6.45, 7) is 0.221. The zero-order valence-corrected chi connectivity index (χ0v) is 30.6. The number of aromatic hydroxyl groups is 1. The Labute approximate surface area is 306 Å². The van der Waals surface area contributed by atoms with Crippen molar-refractivity contribution in [2.24, 2.45) is 4.99 Å². The van der Waals surface area contributed by atoms with E-state index < -0.39 is 121 Å². The number of aromatic amines is 1. The van der Waals surface area contributed by atoms with E-state index in [0.29, 0.717) is 4.57 Å². The fourth-order valence-corrected chi connectivity index (χ4v) is 7.62. The first-order chi connectivity index (χ1) is 25.4. The van der Waals surface area contributed by atoms with Crippen LogP contribution in [-0.4, -0.2) is 133 Å². The van der Waals surface area contributed by atoms with Crippen molar-refractivity contribution in [3.8, 4) is 5.75 Å². The Morgan fingerprint density at radius 3 is 2.33 bits per heavy atom. The zero-order valence-electron chi connectivity index (χ0n) is 27.9. The lowest BCUT2D eigenvalue weighted by atomic mass is 9.94. The topological polar surface area (TPSA) is 415 Å². The number of aromatic nitrogens is 3. The van der Waals surface area contributed by atoms with Crippen molar-refractivity contribution in [1.82, 2.24) is 19.9 Å². The van der Waals surface area contributed by atoms with Crippen molar-refractivity contribution in [3.05, 3.63) is 56.1 Å². The van der Waals surface area contributed by atoms with Crippen LogP contribution in [0.2, 0.25) is 0 Å². The lowest BCUT2D eigenvalue weighted by Gasteiger charge is -2.41. The number of aliphatic hydroxyl groups excluding tert-OH is 3. The molecular formula is C25H34N5O22P3. The van der Waals surface area contributed by atoms with Crippen molar-refractivity contribution >= 4 is 41.6 Å². The van der Waals surface area contributed by atoms with Crippen LogP contribution in [0, 0.1) is 6.92 Å². The molecule has 306 valence electrons. The number of nitrogens with zero attached hydrogens (tertiary/aromatic N) is 3. The van der Waals surface area contributed by atoms with Gasteiger partial charge in [0.05, 0.1) is 18.9 Å². The molecule has 11 atom stereocenters. The summed E-state index contributed by atoms with van der Waals surface area (Å²) in [5.41, 5.74) is -2.41. The van der Waals surface area contributed by atoms with Crippen LogP contribution in [-0.2, 0) is 57.2 Å². The molecule has 4 rings (SSSR count). The first-order valence-electron chi connectivity index (χ1n) is 15.2. The largest absolute Gasteiger partial charge is 0.505 e. The highest BCUT2D eigenvalue weighted by atomic mass is 31.3. The van der Waals surface area contributed by atoms with Gasteiger partial charge in [-0.2, -0.15) is 4.31 Å². The van der Waals surface area contributed by atoms with Crippen LogP contribution < -0.4 is 16.6 Å². The molecule has 1 amide bonds. The number of H-pyrrole nitrogens is 1. The number of hydrogen-bond acceptors (Lipinski definition) is 19. The maximum absolute atomic E-state index is 13.0. The smallest absolute Gasteiger partial charge is 0.483 e. The number of hydrogen-bond donors (Lipinski definition) is 11. The number of aliphatic imine (C=N–C) groups is 1. The van der Waals surface area contributed by atoms with Crippen LogP contribution in [0.1, 0.15) is 30.0 Å². The second-order valence-corrected chi connectivity index (χ2v) is 15.9. The summed E-state index contributed by atoms with van der Waals surface area (Å²) in [7, 11) is -16.8. The van der Waals surface area contributed by atoms with Crippen LogP contribution in [0.4, 0.5) is 0 Å². The molecule has 27 nitrogen and oxygen atoms in total. The minimum absolute atomic E-state index is 0.0415. The molecule has 0 saturated carbocycles. The predicted molar refractivity (Wildman–Crippen MR) is 174 cm³/mol. The molecule has 2 aromatic heterocycles. The molecule has 0 bridgehead atoms. The van der Waals surface area contributed by atoms with Crippen LogP contribution in [0.25, 0.3) is 0 Å². The Bertz CT molecular complexity index is 2050. The lowest BCUT2D eigenvalue weighted by Crippen LogP contribution is -2.64. The van der Waals surface area contributed by atoms with Crippen molar-refractivity contribution < 1.29 is 95.7 Å². The molecule has 0 spiro atoms. The molecule has 2 fully saturated rings. The number of phosphoric ester groups is 3. The Hall–Kier alpha value is -3.59. The maximum atomic E-state index is 13.0. The van der Waals surface area contributed by atoms with Gasteiger partial charge in [0.1, 0.15) is 42.2 Å². The van der Waals surface area contributed by atoms with Gasteiger partial charge >= 0.3 is 35.1 Å². The van der Waals surface area contributed by atoms with Crippen LogP contribution in [0.5, 0.6) is 5.75 Å². The molecule has 55 heavy (non-hydrogen) atoms. The van der Waals surface area contributed by atoms with Gasteiger partial charge in [-0.05, 0) is 6.92 Å². The first kappa shape index (κ1) is 44.1. The van der Waals surface area contributed by atoms with Gasteiger partial charge in [0, 0.05) is 42.7 Å². The molecule has 30 heteroatoms. The SMILES string of the molecule is CC(=O)N[C@H]1[C@@H](OP(=O)(O)OP(=O)(O)OC[C@@H]2O[C@@H](n3ccc(=O)[nH]c3=O)[C@@H](O)[C@H]2O)O[C@H](C(=O)O)[C@@H](O)[C@@H]1N=Cc1c(COP(=O)(O)O)cnc(C)c1O. The lowest BCUT2D eigenvalue weighted by molar-refractivity contribution is -0.220. The van der Waals surface area contributed by atoms with Crippen LogP contribution in [0.15, 0.2) is 33.0 Å². The quantitative estimate of drug-likeness (QED) is 0.0614. The minimum Gasteiger partial charge on any atom is -0.505 e. The standard InChI is InChI=1S/C25H34N5O22P3/c1-9-17(33)12(11(5-26-9)7-47-53(40,41)42)6-27-15-16(28-10(2)31)24(50-21(19(15)35)23(37)38)51-55(45,46)52-54(43,44)48-8-13-18(34)20(36)22(49-13)30-4-3-14(32)29-25(30)39/h3-6,13,15-16,18-22,24,33-36H,7-8H2,1-2H3,(H,28,31)(H,37,38)(H,43,44)(H,45,46)(H,29,32,39)(H2,40,41,42)/t13-,15+,16+,18-,19-,20-,21-,22+,24+/m0/s1. The molecule has 2 aliphatic rings. The Balaban J connectivity index is 1.56. The summed E-state index contributed by atoms with van der Waals surface area (Å²) < 4.78 is 66.2. The van der Waals surface area contributed by atoms with E-state index in [0.717, 1.165) is 31.6 Å². The Morgan fingerprint density at radius 2 is 1.73 bits per heavy atom. The van der Waals surface area contributed by atoms with E-state index >= 15 is 0 Å². The van der Waals surface area contributed by atoms with E-state index in [4.69, 9.17) is 23.8 Å². The molecule has 0 aliphatic carbocycles. The average Bonchev–Trinajstić information content (AvgIpc) is 3.33. The maximum Gasteiger partial charge on any atom is 0.483 e. The van der Waals surface area contributed by atoms with Gasteiger partial charge in [0.2, 0.25) is 5.91 Å². The third-order valence-electron chi connectivity index (χ3n) is 7.65. The Kier molecular flexibility index (Phi) is 13.9. The zero-order chi connectivity index (χ0) is 41.2. The molecule has 2 aromatic rings. The molecule has 4 heterocycles. The highest BCUT2D eigenvalue weighted by Gasteiger charge is 2.52. The summed E-state index contributed by atoms with van der Waals surface area (Å²) >= 11 is 0. The fourth-order valence-electron chi connectivity index (χ4n) is 5.15. The number of nitrogens with one attached hydrogen (secondary N) is 2. The molecule has 2 unspecified atom stereocenters. The van der Waals surface area contributed by atoms with Crippen LogP contribution in [0.3, 0.4) is 0 Å². The van der Waals surface area contributed by atoms with Gasteiger partial charge in [-0.1, -0.05) is 0 Å². The van der Waals surface area contributed by atoms with E-state index in [9.17, 15) is 68.2 Å². The van der Waals surface area contributed by atoms with Gasteiger partial charge in [-0.15, -0.1) is 0 Å². The third-order valence-corrected chi connectivity index (χ3v) is 10.7. The Morgan fingerprint density at radius 1 is 1.05 bits per heavy atom. The molecule has 0 radical (unpaired) electrons. The van der Waals surface area contributed by atoms with Gasteiger partial charge in [0.25, 0.3) is 5.56 Å². The van der Waals surface area contributed by atoms with E-state index in [1.165, 1.54) is 6.92 Å². The van der Waals surface area contributed by atoms with Crippen molar-refractivity contribution in [1.29, 1.82) is 0 Å². The molecule has 11 N–H and O–H groups in total. The number of carbonyl (C=O) groups excluding carboxylic acids is 1. The van der Waals surface area contributed by atoms with Crippen molar-refractivity contribution in [3.63, 3.8) is 0 Å². The van der Waals surface area contributed by atoms with Crippen LogP contribution >= 0.6 is 23.5 Å². The number of amides is 1. The van der Waals surface area contributed by atoms with Crippen molar-refractivity contribution in [2.45, 2.75) is 75.6 Å².